The van der Waals surface area contributed by atoms with E-state index in [0.717, 1.165) is 6.26 Å². The van der Waals surface area contributed by atoms with E-state index in [4.69, 9.17) is 15.2 Å². The van der Waals surface area contributed by atoms with Crippen LogP contribution in [0.5, 0.6) is 0 Å². The molecule has 0 spiro atoms. The molecule has 0 aliphatic heterocycles. The Morgan fingerprint density at radius 1 is 1.54 bits per heavy atom. The highest BCUT2D eigenvalue weighted by atomic mass is 35.5. The van der Waals surface area contributed by atoms with Gasteiger partial charge >= 0.3 is 11.9 Å². The molecule has 6 atom stereocenters. The first-order valence-electron chi connectivity index (χ1n) is 7.54. The fourth-order valence-electron chi connectivity index (χ4n) is 3.51. The van der Waals surface area contributed by atoms with E-state index >= 15 is 0 Å². The molecule has 9 heteroatoms. The summed E-state index contributed by atoms with van der Waals surface area (Å²) in [6.07, 6.45) is 0.0625. The van der Waals surface area contributed by atoms with Crippen molar-refractivity contribution in [1.29, 1.82) is 0 Å². The molecule has 0 aromatic carbocycles. The van der Waals surface area contributed by atoms with Gasteiger partial charge < -0.3 is 25.6 Å². The first kappa shape index (κ1) is 20.4. The Morgan fingerprint density at radius 2 is 2.17 bits per heavy atom. The molecule has 0 aromatic heterocycles. The van der Waals surface area contributed by atoms with Gasteiger partial charge in [0.15, 0.2) is 0 Å². The molecule has 2 saturated carbocycles. The van der Waals surface area contributed by atoms with Gasteiger partial charge in [-0.15, -0.1) is 12.4 Å². The van der Waals surface area contributed by atoms with Crippen molar-refractivity contribution < 1.29 is 30.4 Å². The first-order chi connectivity index (χ1) is 10.8. The Balaban J connectivity index is 0.00000288. The third-order valence-electron chi connectivity index (χ3n) is 4.49. The number of halogens is 1. The number of ether oxygens (including phenoxy) is 2. The second-order valence-electron chi connectivity index (χ2n) is 5.97. The SMILES string of the molecule is C=COC(=O)[C@H]1[C@H]2[C@@H]1[C@@](NC(=O)[C@H](C)N)(C(=O)OCC)C[C@@H]2O.Cl.[HH]. The fraction of sp³-hybridized carbons (Fsp3) is 0.667. The lowest BCUT2D eigenvalue weighted by atomic mass is 9.89. The minimum absolute atomic E-state index is 0. The zero-order chi connectivity index (χ0) is 17.4. The highest BCUT2D eigenvalue weighted by Gasteiger charge is 2.76. The molecule has 0 radical (unpaired) electrons. The number of nitrogens with two attached hydrogens (primary N) is 1. The number of aliphatic hydroxyl groups excluding tert-OH is 1. The molecule has 1 amide bonds. The van der Waals surface area contributed by atoms with Gasteiger partial charge in [-0.1, -0.05) is 6.58 Å². The number of carbonyl (C=O) groups excluding carboxylic acids is 3. The van der Waals surface area contributed by atoms with E-state index in [1.807, 2.05) is 0 Å². The topological polar surface area (TPSA) is 128 Å². The van der Waals surface area contributed by atoms with Crippen LogP contribution in [0.1, 0.15) is 21.7 Å². The van der Waals surface area contributed by atoms with Gasteiger partial charge in [0.05, 0.1) is 30.9 Å². The smallest absolute Gasteiger partial charge is 0.332 e. The van der Waals surface area contributed by atoms with Crippen molar-refractivity contribution in [3.8, 4) is 0 Å². The van der Waals surface area contributed by atoms with Crippen molar-refractivity contribution in [2.45, 2.75) is 38.0 Å². The fourth-order valence-corrected chi connectivity index (χ4v) is 3.51. The van der Waals surface area contributed by atoms with E-state index in [-0.39, 0.29) is 26.9 Å². The van der Waals surface area contributed by atoms with Crippen molar-refractivity contribution >= 4 is 30.3 Å². The minimum atomic E-state index is -1.46. The Bertz CT molecular complexity index is 546. The van der Waals surface area contributed by atoms with Gasteiger partial charge in [0, 0.05) is 19.7 Å². The van der Waals surface area contributed by atoms with Gasteiger partial charge in [0.1, 0.15) is 5.54 Å². The zero-order valence-corrected chi connectivity index (χ0v) is 14.4. The molecule has 0 bridgehead atoms. The predicted octanol–water partition coefficient (Wildman–Crippen LogP) is -0.267. The van der Waals surface area contributed by atoms with Crippen LogP contribution in [-0.4, -0.2) is 47.2 Å². The monoisotopic (exact) mass is 364 g/mol. The number of amides is 1. The Morgan fingerprint density at radius 3 is 2.67 bits per heavy atom. The van der Waals surface area contributed by atoms with E-state index in [0.29, 0.717) is 0 Å². The predicted molar refractivity (Wildman–Crippen MR) is 87.9 cm³/mol. The second-order valence-corrected chi connectivity index (χ2v) is 5.97. The number of hydrogen-bond donors (Lipinski definition) is 3. The van der Waals surface area contributed by atoms with E-state index < -0.39 is 53.3 Å². The zero-order valence-electron chi connectivity index (χ0n) is 13.6. The summed E-state index contributed by atoms with van der Waals surface area (Å²) in [6, 6.07) is -0.838. The molecule has 2 fully saturated rings. The third-order valence-corrected chi connectivity index (χ3v) is 4.49. The minimum Gasteiger partial charge on any atom is -0.464 e. The lowest BCUT2D eigenvalue weighted by molar-refractivity contribution is -0.156. The average molecular weight is 365 g/mol. The maximum Gasteiger partial charge on any atom is 0.332 e. The quantitative estimate of drug-likeness (QED) is 0.437. The number of rotatable bonds is 6. The van der Waals surface area contributed by atoms with Crippen LogP contribution in [0.3, 0.4) is 0 Å². The molecule has 0 aromatic rings. The molecule has 8 nitrogen and oxygen atoms in total. The van der Waals surface area contributed by atoms with E-state index in [1.165, 1.54) is 6.92 Å². The van der Waals surface area contributed by atoms with E-state index in [2.05, 4.69) is 11.9 Å². The lowest BCUT2D eigenvalue weighted by Crippen LogP contribution is -2.60. The second kappa shape index (κ2) is 7.50. The largest absolute Gasteiger partial charge is 0.464 e. The number of fused-ring (bicyclic) bond motifs is 1. The summed E-state index contributed by atoms with van der Waals surface area (Å²) in [4.78, 5) is 36.5. The summed E-state index contributed by atoms with van der Waals surface area (Å²) in [6.45, 7) is 6.54. The normalized spacial score (nSPS) is 34.2. The van der Waals surface area contributed by atoms with Gasteiger partial charge in [-0.2, -0.15) is 0 Å². The standard InChI is InChI=1S/C15H22N2O6.ClH.H2/c1-4-22-13(20)10-9-8(18)6-15(11(9)10,14(21)23-5-2)17-12(19)7(3)16;;/h4,7-11,18H,1,5-6,16H2,2-3H3,(H,17,19);2*1H/t7-,8-,9-,10-,11-,15+;;/m0../s1. The van der Waals surface area contributed by atoms with Crippen LogP contribution in [0.4, 0.5) is 0 Å². The van der Waals surface area contributed by atoms with Crippen molar-refractivity contribution in [2.75, 3.05) is 6.61 Å². The van der Waals surface area contributed by atoms with Crippen molar-refractivity contribution in [2.24, 2.45) is 23.5 Å². The van der Waals surface area contributed by atoms with Crippen molar-refractivity contribution in [3.05, 3.63) is 12.8 Å². The summed E-state index contributed by atoms with van der Waals surface area (Å²) in [5, 5.41) is 12.8. The van der Waals surface area contributed by atoms with Gasteiger partial charge in [-0.25, -0.2) is 4.79 Å². The number of esters is 2. The Kier molecular flexibility index (Phi) is 6.38. The van der Waals surface area contributed by atoms with Gasteiger partial charge in [-0.05, 0) is 13.8 Å². The Labute approximate surface area is 147 Å². The molecular weight excluding hydrogens is 340 g/mol. The van der Waals surface area contributed by atoms with Gasteiger partial charge in [-0.3, -0.25) is 9.59 Å². The summed E-state index contributed by atoms with van der Waals surface area (Å²) in [7, 11) is 0. The molecule has 2 rings (SSSR count). The van der Waals surface area contributed by atoms with Crippen LogP contribution in [0.15, 0.2) is 12.8 Å². The highest BCUT2D eigenvalue weighted by Crippen LogP contribution is 2.63. The van der Waals surface area contributed by atoms with Gasteiger partial charge in [0.2, 0.25) is 5.91 Å². The molecular formula is C15H25ClN2O6. The maximum absolute atomic E-state index is 12.5. The summed E-state index contributed by atoms with van der Waals surface area (Å²) in [5.41, 5.74) is 4.09. The molecule has 138 valence electrons. The number of nitrogens with one attached hydrogen (secondary N) is 1. The molecule has 0 heterocycles. The van der Waals surface area contributed by atoms with Crippen LogP contribution in [0.2, 0.25) is 0 Å². The van der Waals surface area contributed by atoms with Crippen molar-refractivity contribution in [1.82, 2.24) is 5.32 Å². The molecule has 4 N–H and O–H groups in total. The first-order valence-corrected chi connectivity index (χ1v) is 7.54. The number of carbonyl (C=O) groups is 3. The number of hydrogen-bond acceptors (Lipinski definition) is 7. The summed E-state index contributed by atoms with van der Waals surface area (Å²) >= 11 is 0. The van der Waals surface area contributed by atoms with E-state index in [9.17, 15) is 19.5 Å². The van der Waals surface area contributed by atoms with Crippen molar-refractivity contribution in [3.63, 3.8) is 0 Å². The van der Waals surface area contributed by atoms with Crippen LogP contribution in [0.25, 0.3) is 0 Å². The molecule has 2 aliphatic carbocycles. The van der Waals surface area contributed by atoms with Crippen LogP contribution in [-0.2, 0) is 23.9 Å². The number of aliphatic hydroxyl groups is 1. The summed E-state index contributed by atoms with van der Waals surface area (Å²) < 4.78 is 9.83. The summed E-state index contributed by atoms with van der Waals surface area (Å²) in [5.74, 6) is -3.53. The molecule has 2 aliphatic rings. The average Bonchev–Trinajstić information content (AvgIpc) is 3.16. The maximum atomic E-state index is 12.5. The van der Waals surface area contributed by atoms with Crippen LogP contribution < -0.4 is 11.1 Å². The molecule has 0 saturated heterocycles. The van der Waals surface area contributed by atoms with Crippen LogP contribution >= 0.6 is 12.4 Å². The highest BCUT2D eigenvalue weighted by molar-refractivity contribution is 5.93. The third kappa shape index (κ3) is 3.26. The molecule has 0 unspecified atom stereocenters. The van der Waals surface area contributed by atoms with E-state index in [1.54, 1.807) is 6.92 Å². The Hall–Kier alpha value is -1.64. The van der Waals surface area contributed by atoms with Gasteiger partial charge in [0.25, 0.3) is 0 Å². The molecule has 24 heavy (non-hydrogen) atoms. The van der Waals surface area contributed by atoms with Crippen LogP contribution in [0, 0.1) is 17.8 Å². The lowest BCUT2D eigenvalue weighted by Gasteiger charge is -2.32.